The first-order chi connectivity index (χ1) is 16.1. The number of carbonyl (C=O) groups excluding carboxylic acids is 1. The molecule has 0 radical (unpaired) electrons. The van der Waals surface area contributed by atoms with Gasteiger partial charge in [0.1, 0.15) is 18.0 Å². The van der Waals surface area contributed by atoms with Crippen LogP contribution in [0.5, 0.6) is 0 Å². The van der Waals surface area contributed by atoms with Crippen LogP contribution in [-0.2, 0) is 4.79 Å². The standard InChI is InChI=1S/C19H27N5O2.C3H8.2C2H6/c1-2-19(26)24-10-8-23(9-11-24)18-12-17(21-14-22-18)20-13-16(25)15-6-4-3-5-7-15;1-3-2;2*1-2/h4,6-7,12,14,16,25H,2-3,5,8-11,13H2,1H3,(H,20,21,22);3H2,1-2H3;2*1-2H3/t16-;;;/m0.../s1. The summed E-state index contributed by atoms with van der Waals surface area (Å²) in [5.41, 5.74) is 0.953. The van der Waals surface area contributed by atoms with E-state index in [9.17, 15) is 9.90 Å². The minimum Gasteiger partial charge on any atom is -0.387 e. The highest BCUT2D eigenvalue weighted by atomic mass is 16.3. The number of allylic oxidation sites excluding steroid dienone is 2. The molecule has 0 aromatic carbocycles. The van der Waals surface area contributed by atoms with E-state index in [1.165, 1.54) is 12.7 Å². The summed E-state index contributed by atoms with van der Waals surface area (Å²) in [5, 5.41) is 13.5. The van der Waals surface area contributed by atoms with Crippen LogP contribution in [0.15, 0.2) is 36.2 Å². The number of piperazine rings is 1. The van der Waals surface area contributed by atoms with Crippen molar-refractivity contribution < 1.29 is 9.90 Å². The molecule has 7 heteroatoms. The highest BCUT2D eigenvalue weighted by Gasteiger charge is 2.21. The van der Waals surface area contributed by atoms with E-state index in [1.54, 1.807) is 0 Å². The van der Waals surface area contributed by atoms with Crippen LogP contribution in [-0.4, -0.2) is 64.7 Å². The van der Waals surface area contributed by atoms with Crippen molar-refractivity contribution in [2.24, 2.45) is 0 Å². The van der Waals surface area contributed by atoms with E-state index in [4.69, 9.17) is 0 Å². The van der Waals surface area contributed by atoms with Crippen molar-refractivity contribution in [3.8, 4) is 0 Å². The number of nitrogens with one attached hydrogen (secondary N) is 1. The molecule has 2 heterocycles. The minimum atomic E-state index is -0.548. The molecule has 1 atom stereocenters. The average molecular weight is 462 g/mol. The lowest BCUT2D eigenvalue weighted by Gasteiger charge is -2.35. The lowest BCUT2D eigenvalue weighted by molar-refractivity contribution is -0.131. The number of aliphatic hydroxyl groups excluding tert-OH is 1. The van der Waals surface area contributed by atoms with Crippen LogP contribution in [0.2, 0.25) is 0 Å². The van der Waals surface area contributed by atoms with Gasteiger partial charge >= 0.3 is 0 Å². The summed E-state index contributed by atoms with van der Waals surface area (Å²) >= 11 is 0. The van der Waals surface area contributed by atoms with Gasteiger partial charge in [-0.15, -0.1) is 0 Å². The predicted octanol–water partition coefficient (Wildman–Crippen LogP) is 5.05. The van der Waals surface area contributed by atoms with Crippen LogP contribution in [0, 0.1) is 0 Å². The zero-order chi connectivity index (χ0) is 25.1. The Morgan fingerprint density at radius 1 is 1.06 bits per heavy atom. The molecule has 188 valence electrons. The van der Waals surface area contributed by atoms with Crippen LogP contribution >= 0.6 is 0 Å². The second-order valence-corrected chi connectivity index (χ2v) is 7.27. The zero-order valence-corrected chi connectivity index (χ0v) is 22.0. The molecular weight excluding hydrogens is 414 g/mol. The smallest absolute Gasteiger partial charge is 0.222 e. The SMILES string of the molecule is CC.CC.CCC.CCC(=O)N1CCN(c2cc(NC[C@H](O)C3=CCCC=C3)ncn2)CC1. The number of rotatable bonds is 6. The van der Waals surface area contributed by atoms with Crippen molar-refractivity contribution in [2.45, 2.75) is 80.3 Å². The highest BCUT2D eigenvalue weighted by Crippen LogP contribution is 2.18. The normalized spacial score (nSPS) is 15.5. The summed E-state index contributed by atoms with van der Waals surface area (Å²) in [7, 11) is 0. The quantitative estimate of drug-likeness (QED) is 0.617. The first-order valence-electron chi connectivity index (χ1n) is 12.7. The molecule has 7 nitrogen and oxygen atoms in total. The van der Waals surface area contributed by atoms with Crippen LogP contribution < -0.4 is 10.2 Å². The molecule has 0 spiro atoms. The van der Waals surface area contributed by atoms with Gasteiger partial charge in [0.2, 0.25) is 5.91 Å². The van der Waals surface area contributed by atoms with E-state index in [1.807, 2.05) is 51.7 Å². The Morgan fingerprint density at radius 2 is 1.70 bits per heavy atom. The van der Waals surface area contributed by atoms with E-state index in [2.05, 4.69) is 46.2 Å². The maximum Gasteiger partial charge on any atom is 0.222 e. The molecule has 1 aliphatic carbocycles. The van der Waals surface area contributed by atoms with Crippen molar-refractivity contribution in [3.63, 3.8) is 0 Å². The van der Waals surface area contributed by atoms with Crippen LogP contribution in [0.4, 0.5) is 11.6 Å². The second-order valence-electron chi connectivity index (χ2n) is 7.27. The van der Waals surface area contributed by atoms with Crippen molar-refractivity contribution >= 4 is 17.5 Å². The summed E-state index contributed by atoms with van der Waals surface area (Å²) in [6, 6.07) is 1.90. The lowest BCUT2D eigenvalue weighted by atomic mass is 10.0. The molecule has 1 saturated heterocycles. The number of aliphatic hydroxyl groups is 1. The largest absolute Gasteiger partial charge is 0.387 e. The molecule has 0 unspecified atom stereocenters. The number of hydrogen-bond donors (Lipinski definition) is 2. The molecule has 1 aromatic heterocycles. The molecule has 2 aliphatic rings. The van der Waals surface area contributed by atoms with Crippen LogP contribution in [0.3, 0.4) is 0 Å². The minimum absolute atomic E-state index is 0.203. The van der Waals surface area contributed by atoms with Gasteiger partial charge in [-0.1, -0.05) is 73.1 Å². The first kappa shape index (κ1) is 30.6. The second kappa shape index (κ2) is 19.1. The summed E-state index contributed by atoms with van der Waals surface area (Å²) < 4.78 is 0. The van der Waals surface area contributed by atoms with Crippen molar-refractivity contribution in [1.82, 2.24) is 14.9 Å². The van der Waals surface area contributed by atoms with Gasteiger partial charge in [0, 0.05) is 45.2 Å². The first-order valence-corrected chi connectivity index (χ1v) is 12.7. The molecule has 3 rings (SSSR count). The Hall–Kier alpha value is -2.41. The predicted molar refractivity (Wildman–Crippen MR) is 141 cm³/mol. The summed E-state index contributed by atoms with van der Waals surface area (Å²) in [6.07, 6.45) is 11.0. The van der Waals surface area contributed by atoms with Crippen molar-refractivity contribution in [3.05, 3.63) is 36.2 Å². The number of hydrogen-bond acceptors (Lipinski definition) is 6. The van der Waals surface area contributed by atoms with Gasteiger partial charge in [0.05, 0.1) is 6.10 Å². The van der Waals surface area contributed by atoms with Gasteiger partial charge in [-0.05, 0) is 18.4 Å². The molecule has 2 N–H and O–H groups in total. The van der Waals surface area contributed by atoms with Crippen LogP contribution in [0.25, 0.3) is 0 Å². The molecular formula is C26H47N5O2. The number of nitrogens with zero attached hydrogens (tertiary/aromatic N) is 4. The lowest BCUT2D eigenvalue weighted by Crippen LogP contribution is -2.48. The number of aromatic nitrogens is 2. The maximum atomic E-state index is 11.8. The molecule has 1 amide bonds. The number of amides is 1. The van der Waals surface area contributed by atoms with Gasteiger partial charge < -0.3 is 20.2 Å². The Kier molecular flexibility index (Phi) is 17.7. The fourth-order valence-corrected chi connectivity index (χ4v) is 3.23. The summed E-state index contributed by atoms with van der Waals surface area (Å²) in [6.45, 7) is 17.5. The van der Waals surface area contributed by atoms with E-state index in [-0.39, 0.29) is 5.91 Å². The van der Waals surface area contributed by atoms with Gasteiger partial charge in [-0.25, -0.2) is 9.97 Å². The molecule has 33 heavy (non-hydrogen) atoms. The monoisotopic (exact) mass is 461 g/mol. The Morgan fingerprint density at radius 3 is 2.24 bits per heavy atom. The highest BCUT2D eigenvalue weighted by molar-refractivity contribution is 5.76. The molecule has 0 bridgehead atoms. The summed E-state index contributed by atoms with van der Waals surface area (Å²) in [4.78, 5) is 24.4. The fraction of sp³-hybridized carbons (Fsp3) is 0.654. The van der Waals surface area contributed by atoms with Gasteiger partial charge in [-0.3, -0.25) is 4.79 Å². The van der Waals surface area contributed by atoms with E-state index in [0.717, 1.165) is 50.4 Å². The van der Waals surface area contributed by atoms with E-state index in [0.29, 0.717) is 18.8 Å². The van der Waals surface area contributed by atoms with Gasteiger partial charge in [0.15, 0.2) is 0 Å². The zero-order valence-electron chi connectivity index (χ0n) is 22.0. The third-order valence-corrected chi connectivity index (χ3v) is 4.80. The Bertz CT molecular complexity index is 698. The third-order valence-electron chi connectivity index (χ3n) is 4.80. The fourth-order valence-electron chi connectivity index (χ4n) is 3.23. The molecule has 0 saturated carbocycles. The van der Waals surface area contributed by atoms with Crippen molar-refractivity contribution in [1.29, 1.82) is 0 Å². The van der Waals surface area contributed by atoms with E-state index < -0.39 is 6.10 Å². The molecule has 1 aromatic rings. The third kappa shape index (κ3) is 11.3. The number of carbonyl (C=O) groups is 1. The van der Waals surface area contributed by atoms with Crippen molar-refractivity contribution in [2.75, 3.05) is 42.9 Å². The average Bonchev–Trinajstić information content (AvgIpc) is 2.90. The van der Waals surface area contributed by atoms with E-state index >= 15 is 0 Å². The van der Waals surface area contributed by atoms with Gasteiger partial charge in [0.25, 0.3) is 0 Å². The Labute approximate surface area is 202 Å². The summed E-state index contributed by atoms with van der Waals surface area (Å²) in [5.74, 6) is 1.74. The molecule has 1 aliphatic heterocycles. The maximum absolute atomic E-state index is 11.8. The number of anilines is 2. The van der Waals surface area contributed by atoms with Crippen LogP contribution in [0.1, 0.15) is 74.1 Å². The van der Waals surface area contributed by atoms with Gasteiger partial charge in [-0.2, -0.15) is 0 Å². The topological polar surface area (TPSA) is 81.6 Å². The molecule has 1 fully saturated rings. The Balaban J connectivity index is 0.00000132.